The minimum atomic E-state index is -0.752. The van der Waals surface area contributed by atoms with Crippen LogP contribution in [0.5, 0.6) is 5.75 Å². The van der Waals surface area contributed by atoms with Crippen molar-refractivity contribution in [3.05, 3.63) is 29.6 Å². The molecule has 0 bridgehead atoms. The van der Waals surface area contributed by atoms with E-state index >= 15 is 0 Å². The third-order valence-electron chi connectivity index (χ3n) is 4.68. The molecule has 1 amide bonds. The maximum absolute atomic E-state index is 13.5. The first-order valence-electron chi connectivity index (χ1n) is 8.25. The molecule has 1 aromatic carbocycles. The molecule has 1 atom stereocenters. The molecule has 2 aliphatic rings. The van der Waals surface area contributed by atoms with Crippen molar-refractivity contribution in [3.63, 3.8) is 0 Å². The molecular weight excluding hydrogens is 299 g/mol. The molecule has 23 heavy (non-hydrogen) atoms. The summed E-state index contributed by atoms with van der Waals surface area (Å²) < 4.78 is 18.9. The second-order valence-corrected chi connectivity index (χ2v) is 6.20. The number of halogens is 1. The molecule has 0 unspecified atom stereocenters. The van der Waals surface area contributed by atoms with Crippen molar-refractivity contribution >= 4 is 5.91 Å². The van der Waals surface area contributed by atoms with E-state index in [-0.39, 0.29) is 17.5 Å². The Kier molecular flexibility index (Phi) is 5.13. The van der Waals surface area contributed by atoms with Gasteiger partial charge in [0.2, 0.25) is 0 Å². The number of ether oxygens (including phenoxy) is 1. The number of phenols is 1. The van der Waals surface area contributed by atoms with Gasteiger partial charge in [0.15, 0.2) is 11.6 Å². The van der Waals surface area contributed by atoms with Crippen molar-refractivity contribution < 1.29 is 19.0 Å². The number of piperidine rings is 1. The minimum absolute atomic E-state index is 0.0545. The topological polar surface area (TPSA) is 53.0 Å². The Morgan fingerprint density at radius 1 is 1.26 bits per heavy atom. The van der Waals surface area contributed by atoms with Crippen LogP contribution in [0, 0.1) is 5.82 Å². The van der Waals surface area contributed by atoms with Crippen LogP contribution in [-0.4, -0.2) is 66.2 Å². The van der Waals surface area contributed by atoms with Gasteiger partial charge in [0.1, 0.15) is 0 Å². The van der Waals surface area contributed by atoms with E-state index in [1.54, 1.807) is 4.90 Å². The van der Waals surface area contributed by atoms with Gasteiger partial charge >= 0.3 is 0 Å². The summed E-state index contributed by atoms with van der Waals surface area (Å²) in [5, 5.41) is 9.86. The maximum atomic E-state index is 13.5. The van der Waals surface area contributed by atoms with E-state index < -0.39 is 11.6 Å². The van der Waals surface area contributed by atoms with Gasteiger partial charge in [0.25, 0.3) is 5.91 Å². The van der Waals surface area contributed by atoms with Crippen LogP contribution < -0.4 is 0 Å². The molecule has 1 aromatic rings. The molecule has 0 radical (unpaired) electrons. The van der Waals surface area contributed by atoms with Crippen LogP contribution >= 0.6 is 0 Å². The lowest BCUT2D eigenvalue weighted by Gasteiger charge is -2.39. The molecule has 126 valence electrons. The fourth-order valence-corrected chi connectivity index (χ4v) is 3.38. The number of para-hydroxylation sites is 1. The number of benzene rings is 1. The summed E-state index contributed by atoms with van der Waals surface area (Å²) in [6.45, 7) is 4.68. The van der Waals surface area contributed by atoms with Crippen molar-refractivity contribution in [2.45, 2.75) is 25.3 Å². The van der Waals surface area contributed by atoms with Gasteiger partial charge in [-0.2, -0.15) is 0 Å². The Morgan fingerprint density at radius 2 is 2.04 bits per heavy atom. The number of morpholine rings is 1. The van der Waals surface area contributed by atoms with Crippen LogP contribution in [0.4, 0.5) is 4.39 Å². The van der Waals surface area contributed by atoms with E-state index in [0.717, 1.165) is 58.2 Å². The Balaban J connectivity index is 1.74. The van der Waals surface area contributed by atoms with Crippen molar-refractivity contribution in [3.8, 4) is 5.75 Å². The summed E-state index contributed by atoms with van der Waals surface area (Å²) in [5.74, 6) is -1.58. The fraction of sp³-hybridized carbons (Fsp3) is 0.588. The van der Waals surface area contributed by atoms with E-state index in [4.69, 9.17) is 4.74 Å². The maximum Gasteiger partial charge on any atom is 0.258 e. The van der Waals surface area contributed by atoms with Gasteiger partial charge < -0.3 is 14.7 Å². The predicted molar refractivity (Wildman–Crippen MR) is 84.0 cm³/mol. The number of likely N-dealkylation sites (tertiary alicyclic amines) is 1. The molecule has 2 heterocycles. The van der Waals surface area contributed by atoms with Gasteiger partial charge in [-0.3, -0.25) is 9.69 Å². The van der Waals surface area contributed by atoms with E-state index in [0.29, 0.717) is 6.54 Å². The zero-order valence-electron chi connectivity index (χ0n) is 13.2. The van der Waals surface area contributed by atoms with Crippen molar-refractivity contribution in [2.24, 2.45) is 0 Å². The van der Waals surface area contributed by atoms with Crippen molar-refractivity contribution in [1.82, 2.24) is 9.80 Å². The van der Waals surface area contributed by atoms with Gasteiger partial charge in [-0.05, 0) is 31.4 Å². The van der Waals surface area contributed by atoms with E-state index in [2.05, 4.69) is 4.90 Å². The summed E-state index contributed by atoms with van der Waals surface area (Å²) in [4.78, 5) is 16.9. The molecule has 5 nitrogen and oxygen atoms in total. The van der Waals surface area contributed by atoms with E-state index in [1.807, 2.05) is 0 Å². The number of rotatable bonds is 3. The third-order valence-corrected chi connectivity index (χ3v) is 4.68. The SMILES string of the molecule is O=C(c1cccc(F)c1O)N1CCCC[C@H]1CN1CCOCC1. The highest BCUT2D eigenvalue weighted by Crippen LogP contribution is 2.26. The van der Waals surface area contributed by atoms with Gasteiger partial charge in [-0.1, -0.05) is 6.07 Å². The lowest BCUT2D eigenvalue weighted by molar-refractivity contribution is 0.0165. The molecule has 2 aliphatic heterocycles. The van der Waals surface area contributed by atoms with Crippen LogP contribution in [0.2, 0.25) is 0 Å². The molecule has 0 spiro atoms. The Bertz CT molecular complexity index is 561. The number of aromatic hydroxyl groups is 1. The first-order valence-corrected chi connectivity index (χ1v) is 8.25. The van der Waals surface area contributed by atoms with Gasteiger partial charge in [0.05, 0.1) is 18.8 Å². The molecule has 2 fully saturated rings. The summed E-state index contributed by atoms with van der Waals surface area (Å²) >= 11 is 0. The second-order valence-electron chi connectivity index (χ2n) is 6.20. The fourth-order valence-electron chi connectivity index (χ4n) is 3.38. The Morgan fingerprint density at radius 3 is 2.83 bits per heavy atom. The normalized spacial score (nSPS) is 23.0. The second kappa shape index (κ2) is 7.27. The number of carbonyl (C=O) groups excluding carboxylic acids is 1. The van der Waals surface area contributed by atoms with Gasteiger partial charge in [-0.25, -0.2) is 4.39 Å². The molecule has 6 heteroatoms. The average Bonchev–Trinajstić information content (AvgIpc) is 2.58. The molecule has 0 saturated carbocycles. The Hall–Kier alpha value is -1.66. The zero-order chi connectivity index (χ0) is 16.2. The monoisotopic (exact) mass is 322 g/mol. The number of nitrogens with zero attached hydrogens (tertiary/aromatic N) is 2. The molecule has 2 saturated heterocycles. The van der Waals surface area contributed by atoms with Crippen LogP contribution in [0.15, 0.2) is 18.2 Å². The first kappa shape index (κ1) is 16.2. The van der Waals surface area contributed by atoms with Crippen molar-refractivity contribution in [2.75, 3.05) is 39.4 Å². The van der Waals surface area contributed by atoms with Gasteiger partial charge in [0, 0.05) is 32.2 Å². The van der Waals surface area contributed by atoms with Crippen LogP contribution in [0.3, 0.4) is 0 Å². The molecule has 0 aromatic heterocycles. The van der Waals surface area contributed by atoms with Crippen molar-refractivity contribution in [1.29, 1.82) is 0 Å². The van der Waals surface area contributed by atoms with E-state index in [9.17, 15) is 14.3 Å². The molecule has 0 aliphatic carbocycles. The van der Waals surface area contributed by atoms with Crippen LogP contribution in [0.1, 0.15) is 29.6 Å². The highest BCUT2D eigenvalue weighted by atomic mass is 19.1. The number of hydrogen-bond donors (Lipinski definition) is 1. The molecule has 1 N–H and O–H groups in total. The van der Waals surface area contributed by atoms with E-state index in [1.165, 1.54) is 12.1 Å². The summed E-state index contributed by atoms with van der Waals surface area (Å²) in [6, 6.07) is 4.22. The Labute approximate surface area is 135 Å². The molecule has 3 rings (SSSR count). The number of phenolic OH excluding ortho intramolecular Hbond substituents is 1. The lowest BCUT2D eigenvalue weighted by atomic mass is 9.99. The van der Waals surface area contributed by atoms with Gasteiger partial charge in [-0.15, -0.1) is 0 Å². The molecular formula is C17H23FN2O3. The zero-order valence-corrected chi connectivity index (χ0v) is 13.2. The largest absolute Gasteiger partial charge is 0.504 e. The lowest BCUT2D eigenvalue weighted by Crippen LogP contribution is -2.51. The first-order chi connectivity index (χ1) is 11.2. The average molecular weight is 322 g/mol. The quantitative estimate of drug-likeness (QED) is 0.923. The third kappa shape index (κ3) is 3.64. The highest BCUT2D eigenvalue weighted by molar-refractivity contribution is 5.97. The summed E-state index contributed by atoms with van der Waals surface area (Å²) in [6.07, 6.45) is 2.98. The summed E-state index contributed by atoms with van der Waals surface area (Å²) in [7, 11) is 0. The van der Waals surface area contributed by atoms with Crippen LogP contribution in [-0.2, 0) is 4.74 Å². The number of carbonyl (C=O) groups is 1. The summed E-state index contributed by atoms with van der Waals surface area (Å²) in [5.41, 5.74) is 0.0545. The highest BCUT2D eigenvalue weighted by Gasteiger charge is 2.31. The number of amides is 1. The standard InChI is InChI=1S/C17H23FN2O3/c18-15-6-3-5-14(16(15)21)17(22)20-7-2-1-4-13(20)12-19-8-10-23-11-9-19/h3,5-6,13,21H,1-2,4,7-12H2/t13-/m0/s1. The van der Waals surface area contributed by atoms with Crippen LogP contribution in [0.25, 0.3) is 0 Å². The number of hydrogen-bond acceptors (Lipinski definition) is 4. The predicted octanol–water partition coefficient (Wildman–Crippen LogP) is 1.86. The minimum Gasteiger partial charge on any atom is -0.504 e. The smallest absolute Gasteiger partial charge is 0.258 e.